The van der Waals surface area contributed by atoms with E-state index in [1.165, 1.54) is 0 Å². The van der Waals surface area contributed by atoms with E-state index in [9.17, 15) is 8.42 Å². The Kier molecular flexibility index (Phi) is 6.29. The molecule has 0 radical (unpaired) electrons. The maximum Gasteiger partial charge on any atom is 0.232 e. The number of anilines is 2. The van der Waals surface area contributed by atoms with Crippen molar-refractivity contribution in [3.8, 4) is 0 Å². The molecule has 0 unspecified atom stereocenters. The zero-order valence-electron chi connectivity index (χ0n) is 12.7. The van der Waals surface area contributed by atoms with Crippen LogP contribution in [-0.2, 0) is 10.0 Å². The molecule has 114 valence electrons. The summed E-state index contributed by atoms with van der Waals surface area (Å²) in [7, 11) is 0.604. The van der Waals surface area contributed by atoms with E-state index in [2.05, 4.69) is 10.0 Å². The van der Waals surface area contributed by atoms with Gasteiger partial charge in [-0.05, 0) is 44.1 Å². The fourth-order valence-corrected chi connectivity index (χ4v) is 3.06. The van der Waals surface area contributed by atoms with E-state index in [0.717, 1.165) is 17.8 Å². The monoisotopic (exact) mass is 299 g/mol. The van der Waals surface area contributed by atoms with Crippen molar-refractivity contribution >= 4 is 21.4 Å². The molecule has 20 heavy (non-hydrogen) atoms. The first-order valence-electron chi connectivity index (χ1n) is 6.85. The predicted molar refractivity (Wildman–Crippen MR) is 86.1 cm³/mol. The summed E-state index contributed by atoms with van der Waals surface area (Å²) in [6.45, 7) is 5.58. The summed E-state index contributed by atoms with van der Waals surface area (Å²) in [6, 6.07) is 5.58. The number of hydrogen-bond donors (Lipinski definition) is 2. The van der Waals surface area contributed by atoms with E-state index in [4.69, 9.17) is 0 Å². The zero-order valence-corrected chi connectivity index (χ0v) is 13.5. The molecule has 0 aliphatic heterocycles. The van der Waals surface area contributed by atoms with Gasteiger partial charge >= 0.3 is 0 Å². The molecule has 1 aromatic rings. The van der Waals surface area contributed by atoms with Crippen LogP contribution in [0.5, 0.6) is 0 Å². The van der Waals surface area contributed by atoms with Crippen LogP contribution in [0, 0.1) is 6.92 Å². The number of sulfonamides is 1. The molecule has 1 aromatic carbocycles. The Morgan fingerprint density at radius 3 is 2.55 bits per heavy atom. The number of nitrogens with one attached hydrogen (secondary N) is 2. The molecule has 0 saturated carbocycles. The first-order valence-corrected chi connectivity index (χ1v) is 8.50. The van der Waals surface area contributed by atoms with E-state index in [-0.39, 0.29) is 5.75 Å². The molecule has 0 heterocycles. The largest absolute Gasteiger partial charge is 0.377 e. The molecular weight excluding hydrogens is 274 g/mol. The first-order chi connectivity index (χ1) is 9.35. The summed E-state index contributed by atoms with van der Waals surface area (Å²) in [6.07, 6.45) is 0.607. The summed E-state index contributed by atoms with van der Waals surface area (Å²) in [5.74, 6) is 0.130. The van der Waals surface area contributed by atoms with Gasteiger partial charge in [-0.15, -0.1) is 0 Å². The van der Waals surface area contributed by atoms with Gasteiger partial charge in [0.05, 0.1) is 11.4 Å². The first kappa shape index (κ1) is 16.8. The van der Waals surface area contributed by atoms with Crippen molar-refractivity contribution in [2.24, 2.45) is 0 Å². The fraction of sp³-hybridized carbons (Fsp3) is 0.571. The van der Waals surface area contributed by atoms with Crippen molar-refractivity contribution in [3.05, 3.63) is 23.8 Å². The van der Waals surface area contributed by atoms with Crippen LogP contribution in [0.3, 0.4) is 0 Å². The third kappa shape index (κ3) is 5.38. The minimum Gasteiger partial charge on any atom is -0.377 e. The lowest BCUT2D eigenvalue weighted by molar-refractivity contribution is 0.595. The highest BCUT2D eigenvalue weighted by molar-refractivity contribution is 7.92. The highest BCUT2D eigenvalue weighted by atomic mass is 32.2. The summed E-state index contributed by atoms with van der Waals surface area (Å²) in [5, 5.41) is 3.12. The predicted octanol–water partition coefficient (Wildman–Crippen LogP) is 1.80. The molecule has 0 amide bonds. The van der Waals surface area contributed by atoms with Crippen LogP contribution >= 0.6 is 0 Å². The summed E-state index contributed by atoms with van der Waals surface area (Å²) in [4.78, 5) is 1.97. The fourth-order valence-electron chi connectivity index (χ4n) is 1.95. The lowest BCUT2D eigenvalue weighted by atomic mass is 10.2. The van der Waals surface area contributed by atoms with Crippen LogP contribution in [0.4, 0.5) is 11.4 Å². The third-order valence-corrected chi connectivity index (χ3v) is 4.35. The van der Waals surface area contributed by atoms with E-state index in [1.807, 2.05) is 45.0 Å². The van der Waals surface area contributed by atoms with Crippen LogP contribution in [0.1, 0.15) is 18.9 Å². The Labute approximate surface area is 122 Å². The molecule has 0 aliphatic carbocycles. The van der Waals surface area contributed by atoms with Gasteiger partial charge in [0.25, 0.3) is 0 Å². The van der Waals surface area contributed by atoms with Crippen molar-refractivity contribution in [1.82, 2.24) is 5.32 Å². The lowest BCUT2D eigenvalue weighted by Crippen LogP contribution is -2.22. The van der Waals surface area contributed by atoms with Gasteiger partial charge in [0, 0.05) is 19.8 Å². The third-order valence-electron chi connectivity index (χ3n) is 2.98. The van der Waals surface area contributed by atoms with Crippen LogP contribution < -0.4 is 14.9 Å². The van der Waals surface area contributed by atoms with E-state index >= 15 is 0 Å². The maximum atomic E-state index is 12.0. The minimum atomic E-state index is -3.28. The highest BCUT2D eigenvalue weighted by Gasteiger charge is 2.11. The van der Waals surface area contributed by atoms with E-state index < -0.39 is 10.0 Å². The highest BCUT2D eigenvalue weighted by Crippen LogP contribution is 2.23. The van der Waals surface area contributed by atoms with Crippen molar-refractivity contribution < 1.29 is 8.42 Å². The molecule has 0 bridgehead atoms. The van der Waals surface area contributed by atoms with Gasteiger partial charge in [0.15, 0.2) is 0 Å². The topological polar surface area (TPSA) is 61.4 Å². The molecule has 1 rings (SSSR count). The molecule has 0 aromatic heterocycles. The van der Waals surface area contributed by atoms with Gasteiger partial charge in [0.1, 0.15) is 0 Å². The van der Waals surface area contributed by atoms with Crippen molar-refractivity contribution in [3.63, 3.8) is 0 Å². The van der Waals surface area contributed by atoms with Gasteiger partial charge in [-0.2, -0.15) is 0 Å². The standard InChI is InChI=1S/C14H25N3O2S/c1-5-15-9-6-10-20(18,19)16-13-8-7-12(2)14(11-13)17(3)4/h7-8,11,15-16H,5-6,9-10H2,1-4H3. The average molecular weight is 299 g/mol. The molecule has 0 spiro atoms. The van der Waals surface area contributed by atoms with Crippen LogP contribution in [0.2, 0.25) is 0 Å². The Morgan fingerprint density at radius 1 is 1.25 bits per heavy atom. The molecule has 6 heteroatoms. The second-order valence-corrected chi connectivity index (χ2v) is 6.87. The second-order valence-electron chi connectivity index (χ2n) is 5.02. The molecule has 0 saturated heterocycles. The van der Waals surface area contributed by atoms with Gasteiger partial charge in [-0.25, -0.2) is 8.42 Å². The van der Waals surface area contributed by atoms with Crippen molar-refractivity contribution in [1.29, 1.82) is 0 Å². The SMILES string of the molecule is CCNCCCS(=O)(=O)Nc1ccc(C)c(N(C)C)c1. The lowest BCUT2D eigenvalue weighted by Gasteiger charge is -2.17. The second kappa shape index (κ2) is 7.50. The van der Waals surface area contributed by atoms with Crippen LogP contribution in [0.25, 0.3) is 0 Å². The maximum absolute atomic E-state index is 12.0. The van der Waals surface area contributed by atoms with E-state index in [0.29, 0.717) is 18.7 Å². The molecule has 0 aliphatic rings. The van der Waals surface area contributed by atoms with Gasteiger partial charge in [-0.1, -0.05) is 13.0 Å². The zero-order chi connectivity index (χ0) is 15.2. The number of nitrogens with zero attached hydrogens (tertiary/aromatic N) is 1. The number of benzene rings is 1. The van der Waals surface area contributed by atoms with Crippen LogP contribution in [-0.4, -0.2) is 41.4 Å². The Hall–Kier alpha value is -1.27. The molecule has 0 fully saturated rings. The van der Waals surface area contributed by atoms with Crippen molar-refractivity contribution in [2.45, 2.75) is 20.3 Å². The number of hydrogen-bond acceptors (Lipinski definition) is 4. The Morgan fingerprint density at radius 2 is 1.95 bits per heavy atom. The van der Waals surface area contributed by atoms with Gasteiger partial charge in [0.2, 0.25) is 10.0 Å². The quantitative estimate of drug-likeness (QED) is 0.719. The number of aryl methyl sites for hydroxylation is 1. The summed E-state index contributed by atoms with van der Waals surface area (Å²) >= 11 is 0. The smallest absolute Gasteiger partial charge is 0.232 e. The van der Waals surface area contributed by atoms with Crippen LogP contribution in [0.15, 0.2) is 18.2 Å². The summed E-state index contributed by atoms with van der Waals surface area (Å²) in [5.41, 5.74) is 2.74. The number of rotatable bonds is 8. The molecule has 2 N–H and O–H groups in total. The normalized spacial score (nSPS) is 11.4. The average Bonchev–Trinajstić information content (AvgIpc) is 2.36. The molecule has 0 atom stereocenters. The minimum absolute atomic E-state index is 0.130. The van der Waals surface area contributed by atoms with E-state index in [1.54, 1.807) is 6.07 Å². The van der Waals surface area contributed by atoms with Crippen molar-refractivity contribution in [2.75, 3.05) is 42.6 Å². The Balaban J connectivity index is 2.70. The van der Waals surface area contributed by atoms with Gasteiger partial charge < -0.3 is 10.2 Å². The Bertz CT molecular complexity index is 527. The summed E-state index contributed by atoms with van der Waals surface area (Å²) < 4.78 is 26.6. The van der Waals surface area contributed by atoms with Gasteiger partial charge in [-0.3, -0.25) is 4.72 Å². The molecular formula is C14H25N3O2S. The molecule has 5 nitrogen and oxygen atoms in total.